The lowest BCUT2D eigenvalue weighted by Gasteiger charge is -2.27. The van der Waals surface area contributed by atoms with E-state index >= 15 is 4.39 Å². The van der Waals surface area contributed by atoms with Crippen molar-refractivity contribution in [2.75, 3.05) is 25.0 Å². The third-order valence-corrected chi connectivity index (χ3v) is 7.57. The second-order valence-electron chi connectivity index (χ2n) is 10.3. The van der Waals surface area contributed by atoms with Crippen molar-refractivity contribution in [2.45, 2.75) is 81.8 Å². The van der Waals surface area contributed by atoms with Gasteiger partial charge in [0.25, 0.3) is 0 Å². The number of halogens is 1. The molecule has 4 heterocycles. The first kappa shape index (κ1) is 23.2. The van der Waals surface area contributed by atoms with Crippen LogP contribution in [0.4, 0.5) is 10.2 Å². The average molecular weight is 467 g/mol. The van der Waals surface area contributed by atoms with Crippen molar-refractivity contribution >= 4 is 11.8 Å². The number of carboxylic acids is 1. The lowest BCUT2D eigenvalue weighted by Crippen LogP contribution is -2.36. The molecule has 7 heteroatoms. The van der Waals surface area contributed by atoms with E-state index in [9.17, 15) is 9.90 Å². The van der Waals surface area contributed by atoms with Gasteiger partial charge in [-0.25, -0.2) is 9.37 Å². The van der Waals surface area contributed by atoms with Crippen molar-refractivity contribution in [3.63, 3.8) is 0 Å². The minimum atomic E-state index is -1.32. The summed E-state index contributed by atoms with van der Waals surface area (Å²) in [7, 11) is 0. The summed E-state index contributed by atoms with van der Waals surface area (Å²) in [5.74, 6) is 0.478. The number of aryl methyl sites for hydroxylation is 2. The highest BCUT2D eigenvalue weighted by Gasteiger charge is 2.44. The molecule has 2 aliphatic heterocycles. The lowest BCUT2D eigenvalue weighted by molar-refractivity contribution is -0.143. The number of aliphatic carboxylic acids is 1. The quantitative estimate of drug-likeness (QED) is 0.477. The highest BCUT2D eigenvalue weighted by atomic mass is 19.1. The van der Waals surface area contributed by atoms with Gasteiger partial charge in [0.2, 0.25) is 0 Å². The van der Waals surface area contributed by atoms with Gasteiger partial charge in [-0.15, -0.1) is 0 Å². The molecule has 34 heavy (non-hydrogen) atoms. The number of rotatable bonds is 10. The van der Waals surface area contributed by atoms with Gasteiger partial charge in [0.1, 0.15) is 17.5 Å². The molecule has 3 aliphatic rings. The second-order valence-corrected chi connectivity index (χ2v) is 10.3. The summed E-state index contributed by atoms with van der Waals surface area (Å²) in [6.45, 7) is 1.64. The zero-order valence-electron chi connectivity index (χ0n) is 19.8. The number of aromatic nitrogens is 2. The van der Waals surface area contributed by atoms with Gasteiger partial charge < -0.3 is 10.4 Å². The monoisotopic (exact) mass is 466 g/mol. The van der Waals surface area contributed by atoms with Crippen molar-refractivity contribution in [3.8, 4) is 0 Å². The summed E-state index contributed by atoms with van der Waals surface area (Å²) < 4.78 is 15.6. The van der Waals surface area contributed by atoms with Crippen molar-refractivity contribution in [1.82, 2.24) is 14.9 Å². The fourth-order valence-electron chi connectivity index (χ4n) is 5.57. The van der Waals surface area contributed by atoms with E-state index in [1.165, 1.54) is 5.56 Å². The van der Waals surface area contributed by atoms with Crippen LogP contribution in [0.25, 0.3) is 0 Å². The Morgan fingerprint density at radius 3 is 2.97 bits per heavy atom. The van der Waals surface area contributed by atoms with Crippen LogP contribution in [0.3, 0.4) is 0 Å². The molecule has 0 radical (unpaired) electrons. The zero-order valence-corrected chi connectivity index (χ0v) is 19.8. The Labute approximate surface area is 201 Å². The summed E-state index contributed by atoms with van der Waals surface area (Å²) in [5, 5.41) is 13.4. The van der Waals surface area contributed by atoms with Crippen LogP contribution in [0.15, 0.2) is 30.5 Å². The summed E-state index contributed by atoms with van der Waals surface area (Å²) >= 11 is 0. The number of unbranched alkanes of at least 4 members (excludes halogenated alkanes) is 2. The Morgan fingerprint density at radius 1 is 1.26 bits per heavy atom. The molecule has 5 rings (SSSR count). The van der Waals surface area contributed by atoms with E-state index in [-0.39, 0.29) is 6.54 Å². The van der Waals surface area contributed by atoms with Crippen molar-refractivity contribution in [1.29, 1.82) is 0 Å². The Morgan fingerprint density at radius 2 is 2.15 bits per heavy atom. The highest BCUT2D eigenvalue weighted by molar-refractivity contribution is 5.76. The third-order valence-electron chi connectivity index (χ3n) is 7.57. The molecular formula is C27H35FN4O2. The molecule has 1 saturated heterocycles. The van der Waals surface area contributed by atoms with Crippen LogP contribution in [0.2, 0.25) is 0 Å². The van der Waals surface area contributed by atoms with E-state index in [4.69, 9.17) is 4.98 Å². The second kappa shape index (κ2) is 9.98. The molecule has 182 valence electrons. The molecule has 0 aromatic carbocycles. The van der Waals surface area contributed by atoms with Crippen LogP contribution in [-0.4, -0.2) is 51.2 Å². The van der Waals surface area contributed by atoms with Crippen LogP contribution >= 0.6 is 0 Å². The van der Waals surface area contributed by atoms with E-state index in [1.807, 2.05) is 11.0 Å². The number of fused-ring (bicyclic) bond motifs is 1. The Kier molecular flexibility index (Phi) is 6.82. The third kappa shape index (κ3) is 5.24. The van der Waals surface area contributed by atoms with Gasteiger partial charge in [0.05, 0.1) is 0 Å². The maximum Gasteiger partial charge on any atom is 0.325 e. The summed E-state index contributed by atoms with van der Waals surface area (Å²) in [6, 6.07) is 7.15. The van der Waals surface area contributed by atoms with Gasteiger partial charge in [-0.2, -0.15) is 0 Å². The molecule has 2 aromatic heterocycles. The average Bonchev–Trinajstić information content (AvgIpc) is 3.61. The molecule has 2 atom stereocenters. The molecule has 1 aliphatic carbocycles. The summed E-state index contributed by atoms with van der Waals surface area (Å²) in [4.78, 5) is 23.3. The number of anilines is 1. The van der Waals surface area contributed by atoms with E-state index in [0.717, 1.165) is 80.7 Å². The van der Waals surface area contributed by atoms with Gasteiger partial charge >= 0.3 is 5.97 Å². The summed E-state index contributed by atoms with van der Waals surface area (Å²) in [5.41, 5.74) is 2.72. The first-order valence-corrected chi connectivity index (χ1v) is 12.9. The summed E-state index contributed by atoms with van der Waals surface area (Å²) in [6.07, 6.45) is 10.6. The van der Waals surface area contributed by atoms with Crippen LogP contribution in [0.5, 0.6) is 0 Å². The molecule has 1 saturated carbocycles. The first-order valence-electron chi connectivity index (χ1n) is 12.9. The molecule has 0 bridgehead atoms. The largest absolute Gasteiger partial charge is 0.480 e. The highest BCUT2D eigenvalue weighted by Crippen LogP contribution is 2.44. The van der Waals surface area contributed by atoms with E-state index in [1.54, 1.807) is 12.3 Å². The molecule has 0 amide bonds. The molecule has 2 aromatic rings. The first-order chi connectivity index (χ1) is 16.5. The SMILES string of the molecule is O=C(O)C(c1cccnc1C1CC1)N1CCC(F)(CCCCCc2ccc3c(n2)NCCC3)C1. The van der Waals surface area contributed by atoms with Gasteiger partial charge in [-0.05, 0) is 69.1 Å². The Hall–Kier alpha value is -2.54. The van der Waals surface area contributed by atoms with Crippen molar-refractivity contribution in [2.24, 2.45) is 0 Å². The predicted molar refractivity (Wildman–Crippen MR) is 130 cm³/mol. The number of carboxylic acid groups (broad SMARTS) is 1. The number of pyridine rings is 2. The van der Waals surface area contributed by atoms with Crippen molar-refractivity contribution in [3.05, 3.63) is 53.0 Å². The fraction of sp³-hybridized carbons (Fsp3) is 0.593. The normalized spacial score (nSPS) is 23.3. The zero-order chi connectivity index (χ0) is 23.5. The number of nitrogens with one attached hydrogen (secondary N) is 1. The molecule has 2 fully saturated rings. The fourth-order valence-corrected chi connectivity index (χ4v) is 5.57. The Balaban J connectivity index is 1.12. The number of likely N-dealkylation sites (tertiary alicyclic amines) is 1. The molecule has 6 nitrogen and oxygen atoms in total. The number of alkyl halides is 1. The van der Waals surface area contributed by atoms with Crippen LogP contribution in [0.1, 0.15) is 85.8 Å². The van der Waals surface area contributed by atoms with Crippen LogP contribution in [0, 0.1) is 0 Å². The topological polar surface area (TPSA) is 78.3 Å². The Bertz CT molecular complexity index is 1030. The number of nitrogens with zero attached hydrogens (tertiary/aromatic N) is 3. The number of hydrogen-bond donors (Lipinski definition) is 2. The molecular weight excluding hydrogens is 431 g/mol. The smallest absolute Gasteiger partial charge is 0.325 e. The maximum atomic E-state index is 15.6. The minimum Gasteiger partial charge on any atom is -0.480 e. The minimum absolute atomic E-state index is 0.182. The van der Waals surface area contributed by atoms with Gasteiger partial charge in [-0.1, -0.05) is 25.0 Å². The van der Waals surface area contributed by atoms with Gasteiger partial charge in [0.15, 0.2) is 0 Å². The van der Waals surface area contributed by atoms with Crippen LogP contribution in [-0.2, 0) is 17.6 Å². The molecule has 2 unspecified atom stereocenters. The standard InChI is InChI=1S/C27H35FN4O2/c28-27(13-3-1-2-7-21-12-11-20-6-4-16-30-25(20)31-21)14-17-32(18-27)24(26(33)34)22-8-5-15-29-23(22)19-9-10-19/h5,8,11-12,15,19,24H,1-4,6-7,9-10,13-14,16-18H2,(H,30,31)(H,33,34). The van der Waals surface area contributed by atoms with E-state index in [0.29, 0.717) is 25.3 Å². The van der Waals surface area contributed by atoms with Gasteiger partial charge in [-0.3, -0.25) is 14.7 Å². The molecule has 0 spiro atoms. The van der Waals surface area contributed by atoms with Gasteiger partial charge in [0, 0.05) is 48.7 Å². The van der Waals surface area contributed by atoms with E-state index < -0.39 is 17.7 Å². The lowest BCUT2D eigenvalue weighted by atomic mass is 9.96. The number of carbonyl (C=O) groups is 1. The van der Waals surface area contributed by atoms with Crippen LogP contribution < -0.4 is 5.32 Å². The molecule has 2 N–H and O–H groups in total. The van der Waals surface area contributed by atoms with Crippen molar-refractivity contribution < 1.29 is 14.3 Å². The van der Waals surface area contributed by atoms with E-state index in [2.05, 4.69) is 22.4 Å². The maximum absolute atomic E-state index is 15.6. The predicted octanol–water partition coefficient (Wildman–Crippen LogP) is 5.05. The number of hydrogen-bond acceptors (Lipinski definition) is 5.